The Labute approximate surface area is 115 Å². The third-order valence-electron chi connectivity index (χ3n) is 2.47. The quantitative estimate of drug-likeness (QED) is 0.643. The van der Waals surface area contributed by atoms with Crippen molar-refractivity contribution >= 4 is 21.8 Å². The van der Waals surface area contributed by atoms with Gasteiger partial charge in [0.25, 0.3) is 0 Å². The topological polar surface area (TPSA) is 59.1 Å². The van der Waals surface area contributed by atoms with Crippen LogP contribution >= 0.6 is 15.9 Å². The minimum absolute atomic E-state index is 0.0606. The van der Waals surface area contributed by atoms with Gasteiger partial charge in [0, 0.05) is 5.56 Å². The highest BCUT2D eigenvalue weighted by molar-refractivity contribution is 9.10. The molecule has 1 aromatic carbocycles. The van der Waals surface area contributed by atoms with Crippen LogP contribution in [0.4, 0.5) is 4.39 Å². The fraction of sp³-hybridized carbons (Fsp3) is 0.462. The largest absolute Gasteiger partial charge is 0.488 e. The molecule has 0 radical (unpaired) electrons. The lowest BCUT2D eigenvalue weighted by molar-refractivity contribution is 0.185. The predicted octanol–water partition coefficient (Wildman–Crippen LogP) is 3.69. The molecule has 0 fully saturated rings. The number of ether oxygens (including phenoxy) is 1. The van der Waals surface area contributed by atoms with Gasteiger partial charge in [-0.05, 0) is 47.3 Å². The normalized spacial score (nSPS) is 12.6. The van der Waals surface area contributed by atoms with Crippen LogP contribution in [0.25, 0.3) is 0 Å². The lowest BCUT2D eigenvalue weighted by Gasteiger charge is -2.18. The number of hydrogen-bond acceptors (Lipinski definition) is 2. The number of benzene rings is 1. The molecule has 0 aliphatic carbocycles. The molecule has 0 aliphatic rings. The van der Waals surface area contributed by atoms with Gasteiger partial charge in [-0.3, -0.25) is 5.41 Å². The summed E-state index contributed by atoms with van der Waals surface area (Å²) < 4.78 is 19.7. The Balaban J connectivity index is 2.92. The molecule has 0 amide bonds. The molecule has 100 valence electrons. The first-order valence-corrected chi connectivity index (χ1v) is 6.61. The van der Waals surface area contributed by atoms with E-state index < -0.39 is 5.82 Å². The second kappa shape index (κ2) is 6.18. The van der Waals surface area contributed by atoms with Crippen molar-refractivity contribution in [2.24, 2.45) is 11.7 Å². The molecule has 0 heterocycles. The Kier molecular flexibility index (Phi) is 5.14. The third-order valence-corrected chi connectivity index (χ3v) is 3.24. The third kappa shape index (κ3) is 3.70. The smallest absolute Gasteiger partial charge is 0.179 e. The SMILES string of the molecule is CC(C)CC(C)Oc1ccc(C(=N)N)c(Br)c1F. The molecular weight excluding hydrogens is 299 g/mol. The van der Waals surface area contributed by atoms with Crippen LogP contribution in [0.1, 0.15) is 32.8 Å². The highest BCUT2D eigenvalue weighted by Gasteiger charge is 2.16. The summed E-state index contributed by atoms with van der Waals surface area (Å²) in [7, 11) is 0. The summed E-state index contributed by atoms with van der Waals surface area (Å²) in [5.41, 5.74) is 5.68. The zero-order valence-electron chi connectivity index (χ0n) is 10.8. The number of nitrogens with one attached hydrogen (secondary N) is 1. The van der Waals surface area contributed by atoms with Gasteiger partial charge in [-0.25, -0.2) is 4.39 Å². The number of rotatable bonds is 5. The van der Waals surface area contributed by atoms with Crippen LogP contribution in [0.3, 0.4) is 0 Å². The summed E-state index contributed by atoms with van der Waals surface area (Å²) in [6, 6.07) is 3.08. The molecule has 5 heteroatoms. The van der Waals surface area contributed by atoms with E-state index in [-0.39, 0.29) is 22.2 Å². The zero-order valence-corrected chi connectivity index (χ0v) is 12.3. The first-order valence-electron chi connectivity index (χ1n) is 5.82. The van der Waals surface area contributed by atoms with E-state index in [1.165, 1.54) is 6.07 Å². The number of hydrogen-bond donors (Lipinski definition) is 2. The number of nitrogens with two attached hydrogens (primary N) is 1. The first-order chi connectivity index (χ1) is 8.32. The van der Waals surface area contributed by atoms with Crippen LogP contribution in [0.5, 0.6) is 5.75 Å². The first kappa shape index (κ1) is 15.0. The number of halogens is 2. The lowest BCUT2D eigenvalue weighted by atomic mass is 10.1. The Morgan fingerprint density at radius 2 is 2.06 bits per heavy atom. The van der Waals surface area contributed by atoms with Crippen molar-refractivity contribution in [1.82, 2.24) is 0 Å². The Hall–Kier alpha value is -1.10. The molecule has 3 N–H and O–H groups in total. The van der Waals surface area contributed by atoms with Crippen LogP contribution in [-0.2, 0) is 0 Å². The van der Waals surface area contributed by atoms with Crippen LogP contribution in [0.15, 0.2) is 16.6 Å². The van der Waals surface area contributed by atoms with E-state index in [4.69, 9.17) is 15.9 Å². The highest BCUT2D eigenvalue weighted by Crippen LogP contribution is 2.29. The van der Waals surface area contributed by atoms with E-state index in [2.05, 4.69) is 29.8 Å². The van der Waals surface area contributed by atoms with Crippen molar-refractivity contribution in [3.63, 3.8) is 0 Å². The Bertz CT molecular complexity index is 449. The molecule has 3 nitrogen and oxygen atoms in total. The van der Waals surface area contributed by atoms with Crippen molar-refractivity contribution in [2.45, 2.75) is 33.3 Å². The monoisotopic (exact) mass is 316 g/mol. The average molecular weight is 317 g/mol. The van der Waals surface area contributed by atoms with Gasteiger partial charge in [0.15, 0.2) is 11.6 Å². The summed E-state index contributed by atoms with van der Waals surface area (Å²) in [5, 5.41) is 7.32. The van der Waals surface area contributed by atoms with Crippen LogP contribution < -0.4 is 10.5 Å². The number of amidine groups is 1. The molecule has 0 bridgehead atoms. The molecular formula is C13H18BrFN2O. The minimum Gasteiger partial charge on any atom is -0.488 e. The molecule has 1 unspecified atom stereocenters. The maximum Gasteiger partial charge on any atom is 0.179 e. The van der Waals surface area contributed by atoms with Gasteiger partial charge in [-0.2, -0.15) is 0 Å². The molecule has 18 heavy (non-hydrogen) atoms. The average Bonchev–Trinajstić information content (AvgIpc) is 2.23. The van der Waals surface area contributed by atoms with Crippen molar-refractivity contribution in [3.05, 3.63) is 28.0 Å². The van der Waals surface area contributed by atoms with Crippen LogP contribution in [0, 0.1) is 17.1 Å². The van der Waals surface area contributed by atoms with Gasteiger partial charge in [0.2, 0.25) is 0 Å². The van der Waals surface area contributed by atoms with Gasteiger partial charge < -0.3 is 10.5 Å². The number of nitrogen functional groups attached to an aromatic ring is 1. The molecule has 1 aromatic rings. The molecule has 0 saturated carbocycles. The predicted molar refractivity (Wildman–Crippen MR) is 74.7 cm³/mol. The summed E-state index contributed by atoms with van der Waals surface area (Å²) in [4.78, 5) is 0. The molecule has 0 aliphatic heterocycles. The summed E-state index contributed by atoms with van der Waals surface area (Å²) >= 11 is 3.10. The van der Waals surface area contributed by atoms with Gasteiger partial charge in [-0.15, -0.1) is 0 Å². The second-order valence-corrected chi connectivity index (χ2v) is 5.50. The molecule has 1 atom stereocenters. The highest BCUT2D eigenvalue weighted by atomic mass is 79.9. The van der Waals surface area contributed by atoms with E-state index in [9.17, 15) is 4.39 Å². The van der Waals surface area contributed by atoms with Gasteiger partial charge >= 0.3 is 0 Å². The van der Waals surface area contributed by atoms with Crippen LogP contribution in [0.2, 0.25) is 0 Å². The van der Waals surface area contributed by atoms with Gasteiger partial charge in [0.1, 0.15) is 5.84 Å². The van der Waals surface area contributed by atoms with Gasteiger partial charge in [-0.1, -0.05) is 13.8 Å². The van der Waals surface area contributed by atoms with Crippen molar-refractivity contribution in [3.8, 4) is 5.75 Å². The minimum atomic E-state index is -0.515. The van der Waals surface area contributed by atoms with Crippen LogP contribution in [-0.4, -0.2) is 11.9 Å². The maximum absolute atomic E-state index is 14.0. The van der Waals surface area contributed by atoms with E-state index in [0.29, 0.717) is 11.5 Å². The fourth-order valence-corrected chi connectivity index (χ4v) is 2.30. The van der Waals surface area contributed by atoms with E-state index in [0.717, 1.165) is 6.42 Å². The van der Waals surface area contributed by atoms with Crippen molar-refractivity contribution < 1.29 is 9.13 Å². The molecule has 1 rings (SSSR count). The summed E-state index contributed by atoms with van der Waals surface area (Å²) in [6.45, 7) is 6.09. The molecule has 0 spiro atoms. The van der Waals surface area contributed by atoms with Gasteiger partial charge in [0.05, 0.1) is 10.6 Å². The standard InChI is InChI=1S/C13H18BrFN2O/c1-7(2)6-8(3)18-10-5-4-9(13(16)17)11(14)12(10)15/h4-5,7-8H,6H2,1-3H3,(H3,16,17). The van der Waals surface area contributed by atoms with E-state index in [1.54, 1.807) is 6.07 Å². The van der Waals surface area contributed by atoms with E-state index >= 15 is 0 Å². The second-order valence-electron chi connectivity index (χ2n) is 4.71. The fourth-order valence-electron chi connectivity index (χ4n) is 1.76. The zero-order chi connectivity index (χ0) is 13.9. The summed E-state index contributed by atoms with van der Waals surface area (Å²) in [6.07, 6.45) is 0.792. The Morgan fingerprint density at radius 3 is 2.56 bits per heavy atom. The lowest BCUT2D eigenvalue weighted by Crippen LogP contribution is -2.17. The summed E-state index contributed by atoms with van der Waals surface area (Å²) in [5.74, 6) is -0.0242. The van der Waals surface area contributed by atoms with Crippen molar-refractivity contribution in [1.29, 1.82) is 5.41 Å². The molecule has 0 aromatic heterocycles. The van der Waals surface area contributed by atoms with E-state index in [1.807, 2.05) is 6.92 Å². The Morgan fingerprint density at radius 1 is 1.44 bits per heavy atom. The maximum atomic E-state index is 14.0. The van der Waals surface area contributed by atoms with Crippen molar-refractivity contribution in [2.75, 3.05) is 0 Å². The molecule has 0 saturated heterocycles.